The molecule has 0 aromatic heterocycles. The molecule has 0 radical (unpaired) electrons. The van der Waals surface area contributed by atoms with E-state index in [9.17, 15) is 19.7 Å². The summed E-state index contributed by atoms with van der Waals surface area (Å²) in [5, 5.41) is 13.9. The summed E-state index contributed by atoms with van der Waals surface area (Å²) in [6.45, 7) is 5.67. The lowest BCUT2D eigenvalue weighted by Crippen LogP contribution is -2.34. The van der Waals surface area contributed by atoms with Crippen LogP contribution in [0.4, 0.5) is 5.69 Å². The predicted octanol–water partition coefficient (Wildman–Crippen LogP) is 2.67. The van der Waals surface area contributed by atoms with Crippen molar-refractivity contribution < 1.29 is 19.2 Å². The van der Waals surface area contributed by atoms with Crippen LogP contribution in [0, 0.1) is 16.0 Å². The van der Waals surface area contributed by atoms with Gasteiger partial charge in [0.2, 0.25) is 5.91 Å². The maximum atomic E-state index is 12.5. The minimum Gasteiger partial charge on any atom is -0.462 e. The zero-order chi connectivity index (χ0) is 17.9. The first kappa shape index (κ1) is 17.7. The SMILES string of the molecule is CC1=C(C(=O)OCC(C)C)[C@@H](c2ccccc2[N+](=O)[O-])CC(=O)N1. The van der Waals surface area contributed by atoms with Gasteiger partial charge in [-0.1, -0.05) is 32.0 Å². The fourth-order valence-electron chi connectivity index (χ4n) is 2.71. The summed E-state index contributed by atoms with van der Waals surface area (Å²) >= 11 is 0. The Kier molecular flexibility index (Phi) is 5.33. The van der Waals surface area contributed by atoms with Crippen molar-refractivity contribution in [2.75, 3.05) is 6.61 Å². The number of benzene rings is 1. The minimum atomic E-state index is -0.694. The average Bonchev–Trinajstić information content (AvgIpc) is 2.51. The molecule has 1 atom stereocenters. The quantitative estimate of drug-likeness (QED) is 0.508. The van der Waals surface area contributed by atoms with Gasteiger partial charge in [-0.3, -0.25) is 14.9 Å². The smallest absolute Gasteiger partial charge is 0.336 e. The summed E-state index contributed by atoms with van der Waals surface area (Å²) in [6, 6.07) is 6.15. The van der Waals surface area contributed by atoms with E-state index in [1.807, 2.05) is 13.8 Å². The Morgan fingerprint density at radius 2 is 2.08 bits per heavy atom. The van der Waals surface area contributed by atoms with Crippen LogP contribution in [0.15, 0.2) is 35.5 Å². The molecule has 1 N–H and O–H groups in total. The molecule has 0 fully saturated rings. The highest BCUT2D eigenvalue weighted by atomic mass is 16.6. The zero-order valence-corrected chi connectivity index (χ0v) is 13.9. The monoisotopic (exact) mass is 332 g/mol. The van der Waals surface area contributed by atoms with Crippen LogP contribution in [0.1, 0.15) is 38.7 Å². The van der Waals surface area contributed by atoms with Crippen molar-refractivity contribution in [3.05, 3.63) is 51.2 Å². The van der Waals surface area contributed by atoms with Crippen LogP contribution in [-0.2, 0) is 14.3 Å². The number of hydrogen-bond acceptors (Lipinski definition) is 5. The second-order valence-electron chi connectivity index (χ2n) is 6.15. The average molecular weight is 332 g/mol. The maximum Gasteiger partial charge on any atom is 0.336 e. The second-order valence-corrected chi connectivity index (χ2v) is 6.15. The van der Waals surface area contributed by atoms with Gasteiger partial charge in [0.25, 0.3) is 5.69 Å². The fraction of sp³-hybridized carbons (Fsp3) is 0.412. The zero-order valence-electron chi connectivity index (χ0n) is 13.9. The summed E-state index contributed by atoms with van der Waals surface area (Å²) < 4.78 is 5.28. The van der Waals surface area contributed by atoms with Gasteiger partial charge < -0.3 is 10.1 Å². The van der Waals surface area contributed by atoms with Crippen molar-refractivity contribution in [3.63, 3.8) is 0 Å². The van der Waals surface area contributed by atoms with E-state index in [1.54, 1.807) is 25.1 Å². The van der Waals surface area contributed by atoms with Gasteiger partial charge in [0.05, 0.1) is 17.1 Å². The van der Waals surface area contributed by atoms with E-state index in [0.717, 1.165) is 0 Å². The molecule has 1 heterocycles. The van der Waals surface area contributed by atoms with Gasteiger partial charge in [-0.05, 0) is 12.8 Å². The Morgan fingerprint density at radius 1 is 1.42 bits per heavy atom. The third-order valence-corrected chi connectivity index (χ3v) is 3.75. The highest BCUT2D eigenvalue weighted by Crippen LogP contribution is 2.37. The number of rotatable bonds is 5. The van der Waals surface area contributed by atoms with Crippen LogP contribution in [0.3, 0.4) is 0 Å². The number of hydrogen-bond donors (Lipinski definition) is 1. The van der Waals surface area contributed by atoms with Gasteiger partial charge in [-0.15, -0.1) is 0 Å². The molecular formula is C17H20N2O5. The third kappa shape index (κ3) is 3.79. The molecule has 0 aliphatic carbocycles. The number of carbonyl (C=O) groups excluding carboxylic acids is 2. The molecule has 128 valence electrons. The van der Waals surface area contributed by atoms with Gasteiger partial charge in [0.15, 0.2) is 0 Å². The van der Waals surface area contributed by atoms with E-state index in [4.69, 9.17) is 4.74 Å². The molecule has 0 saturated heterocycles. The number of amides is 1. The van der Waals surface area contributed by atoms with Crippen LogP contribution in [0.5, 0.6) is 0 Å². The molecule has 24 heavy (non-hydrogen) atoms. The number of nitrogens with one attached hydrogen (secondary N) is 1. The molecule has 1 aromatic rings. The van der Waals surface area contributed by atoms with E-state index in [0.29, 0.717) is 11.3 Å². The van der Waals surface area contributed by atoms with Gasteiger partial charge in [-0.25, -0.2) is 4.79 Å². The first-order valence-corrected chi connectivity index (χ1v) is 7.72. The van der Waals surface area contributed by atoms with Gasteiger partial charge in [0, 0.05) is 29.7 Å². The number of allylic oxidation sites excluding steroid dienone is 1. The molecule has 2 rings (SSSR count). The fourth-order valence-corrected chi connectivity index (χ4v) is 2.71. The third-order valence-electron chi connectivity index (χ3n) is 3.75. The van der Waals surface area contributed by atoms with E-state index in [-0.39, 0.29) is 36.1 Å². The Labute approximate surface area is 139 Å². The second kappa shape index (κ2) is 7.25. The standard InChI is InChI=1S/C17H20N2O5/c1-10(2)9-24-17(21)16-11(3)18-15(20)8-13(16)12-6-4-5-7-14(12)19(22)23/h4-7,10,13H,8-9H2,1-3H3,(H,18,20)/t13-/m1/s1. The number of para-hydroxylation sites is 1. The highest BCUT2D eigenvalue weighted by Gasteiger charge is 2.36. The molecule has 0 spiro atoms. The van der Waals surface area contributed by atoms with Crippen molar-refractivity contribution in [1.82, 2.24) is 5.32 Å². The first-order valence-electron chi connectivity index (χ1n) is 7.72. The van der Waals surface area contributed by atoms with Crippen LogP contribution < -0.4 is 5.32 Å². The van der Waals surface area contributed by atoms with Crippen molar-refractivity contribution >= 4 is 17.6 Å². The minimum absolute atomic E-state index is 0.0334. The summed E-state index contributed by atoms with van der Waals surface area (Å²) in [5.74, 6) is -1.36. The van der Waals surface area contributed by atoms with E-state index in [1.165, 1.54) is 6.07 Å². The van der Waals surface area contributed by atoms with Gasteiger partial charge in [-0.2, -0.15) is 0 Å². The number of nitrogens with zero attached hydrogens (tertiary/aromatic N) is 1. The molecule has 7 heteroatoms. The Morgan fingerprint density at radius 3 is 2.71 bits per heavy atom. The summed E-state index contributed by atoms with van der Waals surface area (Å²) in [4.78, 5) is 35.2. The summed E-state index contributed by atoms with van der Waals surface area (Å²) in [6.07, 6.45) is -0.0334. The number of nitro groups is 1. The van der Waals surface area contributed by atoms with Crippen LogP contribution >= 0.6 is 0 Å². The molecule has 0 saturated carbocycles. The van der Waals surface area contributed by atoms with Crippen molar-refractivity contribution in [2.45, 2.75) is 33.1 Å². The maximum absolute atomic E-state index is 12.5. The predicted molar refractivity (Wildman–Crippen MR) is 87.1 cm³/mol. The van der Waals surface area contributed by atoms with Crippen molar-refractivity contribution in [2.24, 2.45) is 5.92 Å². The number of carbonyl (C=O) groups is 2. The molecule has 0 unspecified atom stereocenters. The molecule has 1 amide bonds. The number of nitro benzene ring substituents is 1. The summed E-state index contributed by atoms with van der Waals surface area (Å²) in [7, 11) is 0. The molecule has 7 nitrogen and oxygen atoms in total. The molecule has 1 aliphatic heterocycles. The van der Waals surface area contributed by atoms with E-state index in [2.05, 4.69) is 5.32 Å². The summed E-state index contributed by atoms with van der Waals surface area (Å²) in [5.41, 5.74) is 0.875. The van der Waals surface area contributed by atoms with Crippen LogP contribution in [-0.4, -0.2) is 23.4 Å². The van der Waals surface area contributed by atoms with Gasteiger partial charge in [0.1, 0.15) is 0 Å². The van der Waals surface area contributed by atoms with E-state index >= 15 is 0 Å². The number of esters is 1. The molecule has 0 bridgehead atoms. The molecule has 1 aliphatic rings. The van der Waals surface area contributed by atoms with Crippen LogP contribution in [0.2, 0.25) is 0 Å². The van der Waals surface area contributed by atoms with Crippen molar-refractivity contribution in [1.29, 1.82) is 0 Å². The van der Waals surface area contributed by atoms with Gasteiger partial charge >= 0.3 is 5.97 Å². The lowest BCUT2D eigenvalue weighted by molar-refractivity contribution is -0.385. The first-order chi connectivity index (χ1) is 11.3. The Bertz CT molecular complexity index is 709. The lowest BCUT2D eigenvalue weighted by Gasteiger charge is -2.26. The number of ether oxygens (including phenoxy) is 1. The molecular weight excluding hydrogens is 312 g/mol. The Balaban J connectivity index is 2.46. The largest absolute Gasteiger partial charge is 0.462 e. The lowest BCUT2D eigenvalue weighted by atomic mass is 9.83. The van der Waals surface area contributed by atoms with Crippen molar-refractivity contribution in [3.8, 4) is 0 Å². The normalized spacial score (nSPS) is 17.7. The topological polar surface area (TPSA) is 98.5 Å². The highest BCUT2D eigenvalue weighted by molar-refractivity contribution is 5.96. The molecule has 1 aromatic carbocycles. The Hall–Kier alpha value is -2.70. The van der Waals surface area contributed by atoms with E-state index < -0.39 is 16.8 Å². The van der Waals surface area contributed by atoms with Crippen LogP contribution in [0.25, 0.3) is 0 Å².